The van der Waals surface area contributed by atoms with Crippen molar-refractivity contribution >= 4 is 10.0 Å². The second-order valence-electron chi connectivity index (χ2n) is 4.96. The Morgan fingerprint density at radius 3 is 2.29 bits per heavy atom. The molecule has 0 spiro atoms. The van der Waals surface area contributed by atoms with Crippen molar-refractivity contribution in [2.75, 3.05) is 6.61 Å². The summed E-state index contributed by atoms with van der Waals surface area (Å²) in [6.45, 7) is 1.50. The van der Waals surface area contributed by atoms with Gasteiger partial charge in [0.05, 0.1) is 11.5 Å². The second-order valence-corrected chi connectivity index (χ2v) is 6.64. The summed E-state index contributed by atoms with van der Waals surface area (Å²) in [5.74, 6) is 0. The van der Waals surface area contributed by atoms with Gasteiger partial charge in [-0.1, -0.05) is 48.5 Å². The van der Waals surface area contributed by atoms with Crippen LogP contribution in [0.15, 0.2) is 59.5 Å². The maximum atomic E-state index is 12.4. The van der Waals surface area contributed by atoms with Crippen molar-refractivity contribution in [1.29, 1.82) is 0 Å². The Morgan fingerprint density at radius 2 is 1.67 bits per heavy atom. The van der Waals surface area contributed by atoms with Crippen LogP contribution in [0.4, 0.5) is 0 Å². The highest BCUT2D eigenvalue weighted by atomic mass is 32.2. The molecule has 0 aliphatic rings. The summed E-state index contributed by atoms with van der Waals surface area (Å²) in [5, 5.41) is 9.44. The highest BCUT2D eigenvalue weighted by Gasteiger charge is 2.21. The van der Waals surface area contributed by atoms with E-state index in [0.29, 0.717) is 12.0 Å². The summed E-state index contributed by atoms with van der Waals surface area (Å²) in [6.07, 6.45) is 0.447. The fourth-order valence-electron chi connectivity index (χ4n) is 2.18. The van der Waals surface area contributed by atoms with Crippen LogP contribution in [0.1, 0.15) is 11.1 Å². The van der Waals surface area contributed by atoms with Gasteiger partial charge in [-0.25, -0.2) is 13.1 Å². The molecule has 0 aromatic heterocycles. The van der Waals surface area contributed by atoms with E-state index in [1.54, 1.807) is 31.2 Å². The normalized spacial score (nSPS) is 13.0. The van der Waals surface area contributed by atoms with E-state index in [4.69, 9.17) is 0 Å². The van der Waals surface area contributed by atoms with E-state index in [1.165, 1.54) is 0 Å². The number of nitrogens with one attached hydrogen (secondary N) is 1. The van der Waals surface area contributed by atoms with Crippen molar-refractivity contribution in [1.82, 2.24) is 4.72 Å². The van der Waals surface area contributed by atoms with Gasteiger partial charge in [0, 0.05) is 6.04 Å². The molecule has 2 N–H and O–H groups in total. The molecule has 4 nitrogen and oxygen atoms in total. The number of hydrogen-bond acceptors (Lipinski definition) is 3. The first-order valence-corrected chi connectivity index (χ1v) is 8.24. The average molecular weight is 305 g/mol. The van der Waals surface area contributed by atoms with Crippen LogP contribution in [0.5, 0.6) is 0 Å². The highest BCUT2D eigenvalue weighted by Crippen LogP contribution is 2.15. The first-order chi connectivity index (χ1) is 10.0. The Hall–Kier alpha value is -1.69. The summed E-state index contributed by atoms with van der Waals surface area (Å²) in [4.78, 5) is 0.247. The molecule has 2 rings (SSSR count). The summed E-state index contributed by atoms with van der Waals surface area (Å²) >= 11 is 0. The summed E-state index contributed by atoms with van der Waals surface area (Å²) in [5.41, 5.74) is 1.66. The standard InChI is InChI=1S/C16H19NO3S/c1-13-7-5-6-10-16(13)21(19,20)17-15(12-18)11-14-8-3-2-4-9-14/h2-10,15,17-18H,11-12H2,1H3/t15-/m0/s1. The molecule has 2 aromatic rings. The van der Waals surface area contributed by atoms with Crippen molar-refractivity contribution < 1.29 is 13.5 Å². The molecule has 0 radical (unpaired) electrons. The molecule has 2 aromatic carbocycles. The predicted octanol–water partition coefficient (Wildman–Crippen LogP) is 1.88. The van der Waals surface area contributed by atoms with Crippen LogP contribution in [0.25, 0.3) is 0 Å². The van der Waals surface area contributed by atoms with Crippen molar-refractivity contribution in [3.8, 4) is 0 Å². The zero-order chi connectivity index (χ0) is 15.3. The maximum Gasteiger partial charge on any atom is 0.241 e. The van der Waals surface area contributed by atoms with Gasteiger partial charge in [0.15, 0.2) is 0 Å². The molecule has 0 bridgehead atoms. The molecule has 0 saturated carbocycles. The van der Waals surface area contributed by atoms with Crippen LogP contribution in [0.2, 0.25) is 0 Å². The van der Waals surface area contributed by atoms with E-state index < -0.39 is 16.1 Å². The van der Waals surface area contributed by atoms with Gasteiger partial charge in [-0.3, -0.25) is 0 Å². The fourth-order valence-corrected chi connectivity index (χ4v) is 3.66. The minimum atomic E-state index is -3.63. The number of hydrogen-bond donors (Lipinski definition) is 2. The highest BCUT2D eigenvalue weighted by molar-refractivity contribution is 7.89. The number of aliphatic hydroxyl groups excluding tert-OH is 1. The smallest absolute Gasteiger partial charge is 0.241 e. The van der Waals surface area contributed by atoms with E-state index >= 15 is 0 Å². The molecule has 0 unspecified atom stereocenters. The van der Waals surface area contributed by atoms with Crippen molar-refractivity contribution in [3.63, 3.8) is 0 Å². The van der Waals surface area contributed by atoms with Crippen molar-refractivity contribution in [2.45, 2.75) is 24.3 Å². The zero-order valence-corrected chi connectivity index (χ0v) is 12.7. The molecule has 0 saturated heterocycles. The minimum Gasteiger partial charge on any atom is -0.395 e. The van der Waals surface area contributed by atoms with E-state index in [1.807, 2.05) is 30.3 Å². The molecule has 5 heteroatoms. The topological polar surface area (TPSA) is 66.4 Å². The van der Waals surface area contributed by atoms with Gasteiger partial charge in [0.1, 0.15) is 0 Å². The Kier molecular flexibility index (Phi) is 5.12. The lowest BCUT2D eigenvalue weighted by molar-refractivity contribution is 0.256. The van der Waals surface area contributed by atoms with Crippen LogP contribution in [0, 0.1) is 6.92 Å². The molecular weight excluding hydrogens is 286 g/mol. The first-order valence-electron chi connectivity index (χ1n) is 6.75. The third-order valence-electron chi connectivity index (χ3n) is 3.25. The van der Waals surface area contributed by atoms with E-state index in [0.717, 1.165) is 5.56 Å². The Bertz CT molecular complexity index is 684. The molecule has 1 atom stereocenters. The van der Waals surface area contributed by atoms with Crippen LogP contribution in [-0.4, -0.2) is 26.2 Å². The van der Waals surface area contributed by atoms with E-state index in [2.05, 4.69) is 4.72 Å². The summed E-state index contributed by atoms with van der Waals surface area (Å²) in [6, 6.07) is 15.7. The quantitative estimate of drug-likeness (QED) is 0.856. The van der Waals surface area contributed by atoms with Gasteiger partial charge in [-0.15, -0.1) is 0 Å². The van der Waals surface area contributed by atoms with Crippen LogP contribution in [0.3, 0.4) is 0 Å². The molecule has 112 valence electrons. The average Bonchev–Trinajstić information content (AvgIpc) is 2.47. The lowest BCUT2D eigenvalue weighted by atomic mass is 10.1. The summed E-state index contributed by atoms with van der Waals surface area (Å²) in [7, 11) is -3.63. The van der Waals surface area contributed by atoms with Gasteiger partial charge in [-0.2, -0.15) is 0 Å². The number of aliphatic hydroxyl groups is 1. The lowest BCUT2D eigenvalue weighted by Gasteiger charge is -2.17. The Balaban J connectivity index is 2.16. The van der Waals surface area contributed by atoms with Gasteiger partial charge in [-0.05, 0) is 30.5 Å². The Morgan fingerprint density at radius 1 is 1.05 bits per heavy atom. The van der Waals surface area contributed by atoms with E-state index in [9.17, 15) is 13.5 Å². The second kappa shape index (κ2) is 6.85. The monoisotopic (exact) mass is 305 g/mol. The third-order valence-corrected chi connectivity index (χ3v) is 4.93. The summed E-state index contributed by atoms with van der Waals surface area (Å²) < 4.78 is 27.4. The van der Waals surface area contributed by atoms with E-state index in [-0.39, 0.29) is 11.5 Å². The van der Waals surface area contributed by atoms with Gasteiger partial charge in [0.2, 0.25) is 10.0 Å². The number of benzene rings is 2. The molecule has 0 aliphatic carbocycles. The minimum absolute atomic E-state index is 0.247. The molecule has 0 amide bonds. The number of rotatable bonds is 6. The first kappa shape index (κ1) is 15.7. The Labute approximate surface area is 125 Å². The van der Waals surface area contributed by atoms with Crippen molar-refractivity contribution in [2.24, 2.45) is 0 Å². The largest absolute Gasteiger partial charge is 0.395 e. The number of sulfonamides is 1. The molecule has 0 heterocycles. The number of aryl methyl sites for hydroxylation is 1. The predicted molar refractivity (Wildman–Crippen MR) is 82.5 cm³/mol. The molecule has 0 aliphatic heterocycles. The van der Waals surface area contributed by atoms with Gasteiger partial charge < -0.3 is 5.11 Å². The van der Waals surface area contributed by atoms with Crippen LogP contribution >= 0.6 is 0 Å². The van der Waals surface area contributed by atoms with Gasteiger partial charge in [0.25, 0.3) is 0 Å². The third kappa shape index (κ3) is 4.14. The molecule has 0 fully saturated rings. The van der Waals surface area contributed by atoms with Crippen molar-refractivity contribution in [3.05, 3.63) is 65.7 Å². The molecular formula is C16H19NO3S. The zero-order valence-electron chi connectivity index (χ0n) is 11.9. The van der Waals surface area contributed by atoms with Crippen LogP contribution in [-0.2, 0) is 16.4 Å². The van der Waals surface area contributed by atoms with Crippen LogP contribution < -0.4 is 4.72 Å². The lowest BCUT2D eigenvalue weighted by Crippen LogP contribution is -2.39. The van der Waals surface area contributed by atoms with Gasteiger partial charge >= 0.3 is 0 Å². The SMILES string of the molecule is Cc1ccccc1S(=O)(=O)N[C@H](CO)Cc1ccccc1. The molecule has 21 heavy (non-hydrogen) atoms. The maximum absolute atomic E-state index is 12.4. The fraction of sp³-hybridized carbons (Fsp3) is 0.250.